The first-order valence-corrected chi connectivity index (χ1v) is 8.75. The van der Waals surface area contributed by atoms with Crippen LogP contribution in [0, 0.1) is 17.1 Å². The molecule has 1 amide bonds. The summed E-state index contributed by atoms with van der Waals surface area (Å²) in [5, 5.41) is 12.4. The molecule has 0 aliphatic rings. The Morgan fingerprint density at radius 3 is 2.81 bits per heavy atom. The highest BCUT2D eigenvalue weighted by Gasteiger charge is 2.12. The molecule has 0 unspecified atom stereocenters. The molecule has 0 fully saturated rings. The first-order valence-electron chi connectivity index (χ1n) is 7.39. The quantitative estimate of drug-likeness (QED) is 0.640. The number of carbonyl (C=O) groups is 1. The Kier molecular flexibility index (Phi) is 5.56. The third kappa shape index (κ3) is 4.42. The van der Waals surface area contributed by atoms with Gasteiger partial charge in [-0.15, -0.1) is 0 Å². The summed E-state index contributed by atoms with van der Waals surface area (Å²) in [6, 6.07) is 12.4. The lowest BCUT2D eigenvalue weighted by Crippen LogP contribution is -2.14. The van der Waals surface area contributed by atoms with E-state index in [4.69, 9.17) is 21.3 Å². The van der Waals surface area contributed by atoms with E-state index in [1.165, 1.54) is 30.5 Å². The number of aromatic nitrogens is 1. The topological polar surface area (TPSA) is 78.9 Å². The number of benzene rings is 2. The molecule has 0 saturated heterocycles. The zero-order valence-electron chi connectivity index (χ0n) is 13.2. The van der Waals surface area contributed by atoms with Crippen molar-refractivity contribution >= 4 is 35.0 Å². The molecule has 1 N–H and O–H groups in total. The summed E-state index contributed by atoms with van der Waals surface area (Å²) in [5.41, 5.74) is 1.36. The van der Waals surface area contributed by atoms with Gasteiger partial charge in [-0.2, -0.15) is 5.26 Å². The molecular weight excluding hydrogens is 377 g/mol. The van der Waals surface area contributed by atoms with Crippen LogP contribution < -0.4 is 5.32 Å². The highest BCUT2D eigenvalue weighted by atomic mass is 35.5. The second kappa shape index (κ2) is 8.04. The van der Waals surface area contributed by atoms with Crippen LogP contribution in [0.25, 0.3) is 11.3 Å². The molecule has 1 heterocycles. The predicted octanol–water partition coefficient (Wildman–Crippen LogP) is 4.74. The Balaban J connectivity index is 1.61. The summed E-state index contributed by atoms with van der Waals surface area (Å²) in [6.07, 6.45) is 1.51. The van der Waals surface area contributed by atoms with E-state index in [0.29, 0.717) is 32.8 Å². The van der Waals surface area contributed by atoms with Crippen molar-refractivity contribution in [1.29, 1.82) is 5.26 Å². The first kappa shape index (κ1) is 18.0. The van der Waals surface area contributed by atoms with Gasteiger partial charge in [-0.25, -0.2) is 9.37 Å². The number of oxazole rings is 1. The number of nitrogens with one attached hydrogen (secondary N) is 1. The summed E-state index contributed by atoms with van der Waals surface area (Å²) in [5.74, 6) is -0.136. The van der Waals surface area contributed by atoms with E-state index >= 15 is 0 Å². The van der Waals surface area contributed by atoms with Crippen molar-refractivity contribution in [2.45, 2.75) is 5.22 Å². The number of nitrogens with zero attached hydrogens (tertiary/aromatic N) is 2. The average Bonchev–Trinajstić information content (AvgIpc) is 3.10. The second-order valence-corrected chi connectivity index (χ2v) is 6.50. The second-order valence-electron chi connectivity index (χ2n) is 5.14. The van der Waals surface area contributed by atoms with Gasteiger partial charge in [0.2, 0.25) is 5.91 Å². The van der Waals surface area contributed by atoms with Gasteiger partial charge in [-0.05, 0) is 42.5 Å². The van der Waals surface area contributed by atoms with Crippen molar-refractivity contribution in [3.8, 4) is 17.4 Å². The van der Waals surface area contributed by atoms with Gasteiger partial charge in [0.15, 0.2) is 5.76 Å². The van der Waals surface area contributed by atoms with E-state index in [9.17, 15) is 9.18 Å². The zero-order valence-corrected chi connectivity index (χ0v) is 14.8. The van der Waals surface area contributed by atoms with E-state index in [2.05, 4.69) is 10.3 Å². The minimum absolute atomic E-state index is 0.0424. The lowest BCUT2D eigenvalue weighted by atomic mass is 10.2. The van der Waals surface area contributed by atoms with Gasteiger partial charge >= 0.3 is 0 Å². The molecule has 1 aromatic heterocycles. The largest absolute Gasteiger partial charge is 0.431 e. The molecule has 0 saturated carbocycles. The molecule has 8 heteroatoms. The van der Waals surface area contributed by atoms with Crippen molar-refractivity contribution < 1.29 is 13.6 Å². The molecular formula is C18H11ClFN3O2S. The van der Waals surface area contributed by atoms with E-state index < -0.39 is 0 Å². The highest BCUT2D eigenvalue weighted by Crippen LogP contribution is 2.26. The standard InChI is InChI=1S/C18H11ClFN3O2S/c19-13-4-1-12(8-21)15(7-13)23-17(24)10-26-18-22-9-16(25-18)11-2-5-14(20)6-3-11/h1-7,9H,10H2,(H,23,24). The third-order valence-corrected chi connectivity index (χ3v) is 4.39. The third-order valence-electron chi connectivity index (χ3n) is 3.32. The van der Waals surface area contributed by atoms with Gasteiger partial charge in [0.05, 0.1) is 23.2 Å². The highest BCUT2D eigenvalue weighted by molar-refractivity contribution is 7.99. The molecule has 0 atom stereocenters. The normalized spacial score (nSPS) is 10.3. The van der Waals surface area contributed by atoms with Crippen molar-refractivity contribution in [2.75, 3.05) is 11.1 Å². The Hall–Kier alpha value is -2.82. The minimum Gasteiger partial charge on any atom is -0.431 e. The fraction of sp³-hybridized carbons (Fsp3) is 0.0556. The molecule has 26 heavy (non-hydrogen) atoms. The average molecular weight is 388 g/mol. The summed E-state index contributed by atoms with van der Waals surface area (Å²) >= 11 is 6.99. The van der Waals surface area contributed by atoms with Crippen LogP contribution in [0.4, 0.5) is 10.1 Å². The monoisotopic (exact) mass is 387 g/mol. The van der Waals surface area contributed by atoms with Gasteiger partial charge in [-0.3, -0.25) is 4.79 Å². The zero-order chi connectivity index (χ0) is 18.5. The van der Waals surface area contributed by atoms with Crippen molar-refractivity contribution in [1.82, 2.24) is 4.98 Å². The molecule has 3 rings (SSSR count). The van der Waals surface area contributed by atoms with Gasteiger partial charge in [0.25, 0.3) is 5.22 Å². The number of anilines is 1. The van der Waals surface area contributed by atoms with Crippen LogP contribution in [0.5, 0.6) is 0 Å². The van der Waals surface area contributed by atoms with E-state index in [1.807, 2.05) is 6.07 Å². The van der Waals surface area contributed by atoms with Gasteiger partial charge in [-0.1, -0.05) is 23.4 Å². The van der Waals surface area contributed by atoms with Crippen molar-refractivity contribution in [3.05, 3.63) is 65.1 Å². The van der Waals surface area contributed by atoms with Crippen LogP contribution in [-0.2, 0) is 4.79 Å². The van der Waals surface area contributed by atoms with Crippen molar-refractivity contribution in [3.63, 3.8) is 0 Å². The number of amides is 1. The van der Waals surface area contributed by atoms with Crippen LogP contribution >= 0.6 is 23.4 Å². The van der Waals surface area contributed by atoms with Crippen LogP contribution in [0.2, 0.25) is 5.02 Å². The summed E-state index contributed by atoms with van der Waals surface area (Å²) in [6.45, 7) is 0. The maximum atomic E-state index is 13.0. The maximum absolute atomic E-state index is 13.0. The molecule has 0 radical (unpaired) electrons. The smallest absolute Gasteiger partial charge is 0.256 e. The predicted molar refractivity (Wildman–Crippen MR) is 97.4 cm³/mol. The SMILES string of the molecule is N#Cc1ccc(Cl)cc1NC(=O)CSc1ncc(-c2ccc(F)cc2)o1. The van der Waals surface area contributed by atoms with Crippen molar-refractivity contribution in [2.24, 2.45) is 0 Å². The van der Waals surface area contributed by atoms with Crippen LogP contribution in [0.3, 0.4) is 0 Å². The maximum Gasteiger partial charge on any atom is 0.256 e. The molecule has 2 aromatic carbocycles. The van der Waals surface area contributed by atoms with E-state index in [1.54, 1.807) is 18.2 Å². The summed E-state index contributed by atoms with van der Waals surface area (Å²) in [7, 11) is 0. The van der Waals surface area contributed by atoms with Crippen LogP contribution in [-0.4, -0.2) is 16.6 Å². The number of nitriles is 1. The molecule has 0 aliphatic heterocycles. The minimum atomic E-state index is -0.336. The molecule has 5 nitrogen and oxygen atoms in total. The lowest BCUT2D eigenvalue weighted by molar-refractivity contribution is -0.113. The fourth-order valence-corrected chi connectivity index (χ4v) is 2.88. The Labute approximate surface area is 157 Å². The fourth-order valence-electron chi connectivity index (χ4n) is 2.10. The molecule has 130 valence electrons. The van der Waals surface area contributed by atoms with Gasteiger partial charge < -0.3 is 9.73 Å². The molecule has 0 spiro atoms. The van der Waals surface area contributed by atoms with Crippen LogP contribution in [0.15, 0.2) is 58.3 Å². The van der Waals surface area contributed by atoms with Gasteiger partial charge in [0.1, 0.15) is 11.9 Å². The van der Waals surface area contributed by atoms with Gasteiger partial charge in [0, 0.05) is 10.6 Å². The molecule has 0 aliphatic carbocycles. The number of halogens is 2. The number of thioether (sulfide) groups is 1. The van der Waals surface area contributed by atoms with E-state index in [0.717, 1.165) is 11.8 Å². The Morgan fingerprint density at radius 2 is 2.08 bits per heavy atom. The Bertz CT molecular complexity index is 983. The first-order chi connectivity index (χ1) is 12.5. The van der Waals surface area contributed by atoms with E-state index in [-0.39, 0.29) is 17.5 Å². The number of hydrogen-bond acceptors (Lipinski definition) is 5. The number of hydrogen-bond donors (Lipinski definition) is 1. The lowest BCUT2D eigenvalue weighted by Gasteiger charge is -2.06. The summed E-state index contributed by atoms with van der Waals surface area (Å²) in [4.78, 5) is 16.2. The number of carbonyl (C=O) groups excluding carboxylic acids is 1. The van der Waals surface area contributed by atoms with Crippen LogP contribution in [0.1, 0.15) is 5.56 Å². The Morgan fingerprint density at radius 1 is 1.31 bits per heavy atom. The molecule has 3 aromatic rings. The molecule has 0 bridgehead atoms. The summed E-state index contributed by atoms with van der Waals surface area (Å²) < 4.78 is 18.5. The number of rotatable bonds is 5.